The van der Waals surface area contributed by atoms with Crippen LogP contribution in [-0.2, 0) is 5.54 Å². The van der Waals surface area contributed by atoms with E-state index in [0.29, 0.717) is 0 Å². The van der Waals surface area contributed by atoms with Gasteiger partial charge in [0.25, 0.3) is 0 Å². The molecule has 3 heteroatoms. The highest BCUT2D eigenvalue weighted by molar-refractivity contribution is 9.10. The van der Waals surface area contributed by atoms with Crippen molar-refractivity contribution in [2.45, 2.75) is 19.4 Å². The largest absolute Gasteiger partial charge is 0.318 e. The fraction of sp³-hybridized carbons (Fsp3) is 0.231. The minimum Gasteiger partial charge on any atom is -0.318 e. The van der Waals surface area contributed by atoms with Crippen molar-refractivity contribution in [1.82, 2.24) is 0 Å². The Balaban J connectivity index is 2.42. The fourth-order valence-electron chi connectivity index (χ4n) is 1.68. The first-order chi connectivity index (χ1) is 7.50. The molecule has 0 spiro atoms. The Kier molecular flexibility index (Phi) is 3.19. The van der Waals surface area contributed by atoms with Gasteiger partial charge in [0.1, 0.15) is 0 Å². The minimum atomic E-state index is -0.411. The van der Waals surface area contributed by atoms with E-state index >= 15 is 0 Å². The minimum absolute atomic E-state index is 0.411. The van der Waals surface area contributed by atoms with E-state index in [1.165, 1.54) is 10.4 Å². The molecule has 0 aliphatic heterocycles. The third kappa shape index (κ3) is 2.21. The summed E-state index contributed by atoms with van der Waals surface area (Å²) in [4.78, 5) is 1.30. The van der Waals surface area contributed by atoms with E-state index < -0.39 is 5.54 Å². The second kappa shape index (κ2) is 4.32. The van der Waals surface area contributed by atoms with Crippen molar-refractivity contribution in [3.05, 3.63) is 56.2 Å². The summed E-state index contributed by atoms with van der Waals surface area (Å²) in [7, 11) is 0. The van der Waals surface area contributed by atoms with Gasteiger partial charge in [0, 0.05) is 9.35 Å². The summed E-state index contributed by atoms with van der Waals surface area (Å²) >= 11 is 5.17. The van der Waals surface area contributed by atoms with Crippen molar-refractivity contribution in [3.63, 3.8) is 0 Å². The van der Waals surface area contributed by atoms with Crippen LogP contribution in [0.15, 0.2) is 40.2 Å². The molecule has 0 amide bonds. The second-order valence-corrected chi connectivity index (χ2v) is 6.19. The maximum absolute atomic E-state index is 6.41. The third-order valence-corrected chi connectivity index (χ3v) is 4.16. The van der Waals surface area contributed by atoms with Crippen molar-refractivity contribution < 1.29 is 0 Å². The average molecular weight is 296 g/mol. The van der Waals surface area contributed by atoms with Crippen molar-refractivity contribution in [2.75, 3.05) is 0 Å². The number of rotatable bonds is 2. The summed E-state index contributed by atoms with van der Waals surface area (Å²) < 4.78 is 1.08. The van der Waals surface area contributed by atoms with Crippen LogP contribution in [-0.4, -0.2) is 0 Å². The average Bonchev–Trinajstić information content (AvgIpc) is 2.66. The van der Waals surface area contributed by atoms with Gasteiger partial charge in [-0.3, -0.25) is 0 Å². The Morgan fingerprint density at radius 1 is 1.19 bits per heavy atom. The van der Waals surface area contributed by atoms with Crippen LogP contribution < -0.4 is 5.73 Å². The van der Waals surface area contributed by atoms with Crippen LogP contribution >= 0.6 is 27.3 Å². The molecule has 0 fully saturated rings. The second-order valence-electron chi connectivity index (χ2n) is 4.16. The van der Waals surface area contributed by atoms with Crippen molar-refractivity contribution in [2.24, 2.45) is 5.73 Å². The van der Waals surface area contributed by atoms with Crippen LogP contribution in [0.4, 0.5) is 0 Å². The molecule has 0 saturated carbocycles. The lowest BCUT2D eigenvalue weighted by atomic mass is 9.87. The van der Waals surface area contributed by atoms with Crippen LogP contribution in [0.2, 0.25) is 0 Å². The molecule has 0 aliphatic rings. The van der Waals surface area contributed by atoms with E-state index in [0.717, 1.165) is 10.0 Å². The molecular weight excluding hydrogens is 282 g/mol. The van der Waals surface area contributed by atoms with Crippen molar-refractivity contribution in [3.8, 4) is 0 Å². The molecule has 0 radical (unpaired) electrons. The van der Waals surface area contributed by atoms with E-state index in [-0.39, 0.29) is 0 Å². The highest BCUT2D eigenvalue weighted by Gasteiger charge is 2.24. The molecule has 1 unspecified atom stereocenters. The Morgan fingerprint density at radius 3 is 2.31 bits per heavy atom. The number of hydrogen-bond acceptors (Lipinski definition) is 2. The summed E-state index contributed by atoms with van der Waals surface area (Å²) in [6, 6.07) is 10.3. The Labute approximate surface area is 108 Å². The molecule has 2 aromatic rings. The molecule has 84 valence electrons. The standard InChI is InChI=1S/C13H14BrNS/c1-9-7-11(8-16-9)13(2,15)10-3-5-12(14)6-4-10/h3-8H,15H2,1-2H3. The van der Waals surface area contributed by atoms with E-state index in [4.69, 9.17) is 5.73 Å². The summed E-state index contributed by atoms with van der Waals surface area (Å²) in [5.74, 6) is 0. The maximum atomic E-state index is 6.41. The lowest BCUT2D eigenvalue weighted by Gasteiger charge is -2.24. The number of thiophene rings is 1. The van der Waals surface area contributed by atoms with E-state index in [1.807, 2.05) is 12.1 Å². The lowest BCUT2D eigenvalue weighted by Crippen LogP contribution is -2.33. The normalized spacial score (nSPS) is 14.8. The Morgan fingerprint density at radius 2 is 1.81 bits per heavy atom. The zero-order valence-electron chi connectivity index (χ0n) is 9.33. The predicted molar refractivity (Wildman–Crippen MR) is 73.8 cm³/mol. The molecule has 0 bridgehead atoms. The zero-order chi connectivity index (χ0) is 11.8. The monoisotopic (exact) mass is 295 g/mol. The third-order valence-electron chi connectivity index (χ3n) is 2.77. The first-order valence-corrected chi connectivity index (χ1v) is 6.78. The molecule has 1 atom stereocenters. The molecular formula is C13H14BrNS. The van der Waals surface area contributed by atoms with Gasteiger partial charge in [-0.2, -0.15) is 0 Å². The molecule has 2 N–H and O–H groups in total. The summed E-state index contributed by atoms with van der Waals surface area (Å²) in [5.41, 5.74) is 8.31. The SMILES string of the molecule is Cc1cc(C(C)(N)c2ccc(Br)cc2)cs1. The lowest BCUT2D eigenvalue weighted by molar-refractivity contribution is 0.605. The molecule has 16 heavy (non-hydrogen) atoms. The molecule has 1 aromatic carbocycles. The van der Waals surface area contributed by atoms with Gasteiger partial charge in [0.15, 0.2) is 0 Å². The van der Waals surface area contributed by atoms with Gasteiger partial charge in [-0.1, -0.05) is 28.1 Å². The summed E-state index contributed by atoms with van der Waals surface area (Å²) in [6.45, 7) is 4.16. The van der Waals surface area contributed by atoms with E-state index in [1.54, 1.807) is 11.3 Å². The van der Waals surface area contributed by atoms with Gasteiger partial charge in [-0.25, -0.2) is 0 Å². The van der Waals surface area contributed by atoms with Gasteiger partial charge >= 0.3 is 0 Å². The molecule has 2 rings (SSSR count). The Bertz CT molecular complexity index is 485. The number of halogens is 1. The van der Waals surface area contributed by atoms with Crippen LogP contribution in [0, 0.1) is 6.92 Å². The molecule has 1 aromatic heterocycles. The predicted octanol–water partition coefficient (Wildman–Crippen LogP) is 4.04. The maximum Gasteiger partial charge on any atom is 0.0645 e. The topological polar surface area (TPSA) is 26.0 Å². The van der Waals surface area contributed by atoms with E-state index in [9.17, 15) is 0 Å². The van der Waals surface area contributed by atoms with Gasteiger partial charge in [0.2, 0.25) is 0 Å². The van der Waals surface area contributed by atoms with Crippen molar-refractivity contribution >= 4 is 27.3 Å². The highest BCUT2D eigenvalue weighted by atomic mass is 79.9. The zero-order valence-corrected chi connectivity index (χ0v) is 11.7. The molecule has 0 saturated heterocycles. The smallest absolute Gasteiger partial charge is 0.0645 e. The fourth-order valence-corrected chi connectivity index (χ4v) is 2.76. The van der Waals surface area contributed by atoms with Gasteiger partial charge in [-0.15, -0.1) is 11.3 Å². The summed E-state index contributed by atoms with van der Waals surface area (Å²) in [6.07, 6.45) is 0. The van der Waals surface area contributed by atoms with Crippen LogP contribution in [0.3, 0.4) is 0 Å². The number of nitrogens with two attached hydrogens (primary N) is 1. The van der Waals surface area contributed by atoms with Crippen molar-refractivity contribution in [1.29, 1.82) is 0 Å². The summed E-state index contributed by atoms with van der Waals surface area (Å²) in [5, 5.41) is 2.14. The van der Waals surface area contributed by atoms with Gasteiger partial charge in [-0.05, 0) is 48.6 Å². The molecule has 0 aliphatic carbocycles. The first kappa shape index (κ1) is 11.8. The van der Waals surface area contributed by atoms with Gasteiger partial charge < -0.3 is 5.73 Å². The number of hydrogen-bond donors (Lipinski definition) is 1. The quantitative estimate of drug-likeness (QED) is 0.889. The van der Waals surface area contributed by atoms with Gasteiger partial charge in [0.05, 0.1) is 5.54 Å². The van der Waals surface area contributed by atoms with Crippen LogP contribution in [0.5, 0.6) is 0 Å². The first-order valence-electron chi connectivity index (χ1n) is 5.10. The number of aryl methyl sites for hydroxylation is 1. The van der Waals surface area contributed by atoms with Crippen LogP contribution in [0.25, 0.3) is 0 Å². The molecule has 1 heterocycles. The molecule has 1 nitrogen and oxygen atoms in total. The van der Waals surface area contributed by atoms with Crippen LogP contribution in [0.1, 0.15) is 22.9 Å². The Hall–Kier alpha value is -0.640. The van der Waals surface area contributed by atoms with E-state index in [2.05, 4.69) is 53.4 Å². The highest BCUT2D eigenvalue weighted by Crippen LogP contribution is 2.30. The number of benzene rings is 1.